The molecule has 2 N–H and O–H groups in total. The third-order valence-corrected chi connectivity index (χ3v) is 6.56. The number of nitrogens with one attached hydrogen (secondary N) is 2. The number of hydrogen-bond donors (Lipinski definition) is 2. The lowest BCUT2D eigenvalue weighted by atomic mass is 10.0. The van der Waals surface area contributed by atoms with Crippen LogP contribution in [0.25, 0.3) is 0 Å². The first-order valence-corrected chi connectivity index (χ1v) is 12.1. The molecule has 36 heavy (non-hydrogen) atoms. The zero-order chi connectivity index (χ0) is 25.1. The van der Waals surface area contributed by atoms with Gasteiger partial charge in [0.15, 0.2) is 11.5 Å². The first-order chi connectivity index (χ1) is 17.5. The highest BCUT2D eigenvalue weighted by atomic mass is 16.6. The predicted octanol–water partition coefficient (Wildman–Crippen LogP) is 3.38. The van der Waals surface area contributed by atoms with Crippen molar-refractivity contribution in [3.8, 4) is 11.5 Å². The molecule has 0 spiro atoms. The second-order valence-electron chi connectivity index (χ2n) is 9.10. The van der Waals surface area contributed by atoms with Gasteiger partial charge in [-0.15, -0.1) is 0 Å². The SMILES string of the molecule is CN(C)c1ccc([C@@H](CNC(=O)C(=O)Nc2ccc3c(c2)OCCO3)N2CCc3ccccc32)cc1. The predicted molar refractivity (Wildman–Crippen MR) is 140 cm³/mol. The molecule has 3 aromatic rings. The van der Waals surface area contributed by atoms with Gasteiger partial charge in [-0.1, -0.05) is 30.3 Å². The fourth-order valence-electron chi connectivity index (χ4n) is 4.67. The van der Waals surface area contributed by atoms with E-state index in [0.717, 1.165) is 29.9 Å². The molecule has 8 nitrogen and oxygen atoms in total. The molecule has 186 valence electrons. The highest BCUT2D eigenvalue weighted by Crippen LogP contribution is 2.35. The molecule has 2 aliphatic rings. The molecule has 3 aromatic carbocycles. The Labute approximate surface area is 210 Å². The first kappa shape index (κ1) is 23.5. The number of rotatable bonds is 6. The lowest BCUT2D eigenvalue weighted by Crippen LogP contribution is -2.41. The van der Waals surface area contributed by atoms with E-state index in [0.29, 0.717) is 36.9 Å². The topological polar surface area (TPSA) is 83.1 Å². The van der Waals surface area contributed by atoms with Crippen LogP contribution in [0.5, 0.6) is 11.5 Å². The van der Waals surface area contributed by atoms with E-state index in [9.17, 15) is 9.59 Å². The van der Waals surface area contributed by atoms with E-state index in [1.807, 2.05) is 31.1 Å². The van der Waals surface area contributed by atoms with Crippen molar-refractivity contribution in [2.24, 2.45) is 0 Å². The van der Waals surface area contributed by atoms with Crippen molar-refractivity contribution in [3.63, 3.8) is 0 Å². The van der Waals surface area contributed by atoms with Crippen LogP contribution in [0.2, 0.25) is 0 Å². The fourth-order valence-corrected chi connectivity index (χ4v) is 4.67. The van der Waals surface area contributed by atoms with E-state index in [-0.39, 0.29) is 6.04 Å². The molecule has 0 saturated carbocycles. The summed E-state index contributed by atoms with van der Waals surface area (Å²) in [7, 11) is 4.01. The van der Waals surface area contributed by atoms with E-state index in [2.05, 4.69) is 51.9 Å². The van der Waals surface area contributed by atoms with Crippen LogP contribution in [0.4, 0.5) is 17.1 Å². The molecule has 8 heteroatoms. The number of anilines is 3. The smallest absolute Gasteiger partial charge is 0.313 e. The van der Waals surface area contributed by atoms with Gasteiger partial charge < -0.3 is 29.9 Å². The third kappa shape index (κ3) is 4.93. The Morgan fingerprint density at radius 1 is 0.944 bits per heavy atom. The summed E-state index contributed by atoms with van der Waals surface area (Å²) in [5.74, 6) is -0.242. The molecule has 0 unspecified atom stereocenters. The van der Waals surface area contributed by atoms with Gasteiger partial charge in [-0.3, -0.25) is 9.59 Å². The van der Waals surface area contributed by atoms with E-state index in [4.69, 9.17) is 9.47 Å². The van der Waals surface area contributed by atoms with Crippen LogP contribution >= 0.6 is 0 Å². The molecule has 0 bridgehead atoms. The average Bonchev–Trinajstić information content (AvgIpc) is 3.33. The number of carbonyl (C=O) groups is 2. The van der Waals surface area contributed by atoms with Crippen molar-refractivity contribution in [2.45, 2.75) is 12.5 Å². The number of amides is 2. The first-order valence-electron chi connectivity index (χ1n) is 12.1. The number of ether oxygens (including phenoxy) is 2. The van der Waals surface area contributed by atoms with Gasteiger partial charge in [0.2, 0.25) is 0 Å². The molecule has 0 radical (unpaired) electrons. The van der Waals surface area contributed by atoms with Gasteiger partial charge in [-0.05, 0) is 47.9 Å². The molecule has 2 aliphatic heterocycles. The zero-order valence-corrected chi connectivity index (χ0v) is 20.5. The molecule has 2 heterocycles. The Hall–Kier alpha value is -4.20. The molecule has 1 atom stereocenters. The lowest BCUT2D eigenvalue weighted by molar-refractivity contribution is -0.136. The van der Waals surface area contributed by atoms with Gasteiger partial charge >= 0.3 is 11.8 Å². The van der Waals surface area contributed by atoms with Crippen LogP contribution in [0.15, 0.2) is 66.7 Å². The van der Waals surface area contributed by atoms with Crippen molar-refractivity contribution in [2.75, 3.05) is 55.5 Å². The normalized spacial score (nSPS) is 14.6. The highest BCUT2D eigenvalue weighted by Gasteiger charge is 2.28. The number of carbonyl (C=O) groups excluding carboxylic acids is 2. The van der Waals surface area contributed by atoms with Gasteiger partial charge in [0.25, 0.3) is 0 Å². The molecule has 0 aliphatic carbocycles. The van der Waals surface area contributed by atoms with Crippen molar-refractivity contribution in [3.05, 3.63) is 77.9 Å². The monoisotopic (exact) mass is 486 g/mol. The Morgan fingerprint density at radius 3 is 2.47 bits per heavy atom. The fraction of sp³-hybridized carbons (Fsp3) is 0.286. The van der Waals surface area contributed by atoms with Gasteiger partial charge in [0.1, 0.15) is 13.2 Å². The minimum atomic E-state index is -0.727. The minimum Gasteiger partial charge on any atom is -0.486 e. The summed E-state index contributed by atoms with van der Waals surface area (Å²) in [5.41, 5.74) is 5.10. The number of nitrogens with zero attached hydrogens (tertiary/aromatic N) is 2. The number of benzene rings is 3. The molecule has 2 amide bonds. The summed E-state index contributed by atoms with van der Waals surface area (Å²) >= 11 is 0. The van der Waals surface area contributed by atoms with Crippen molar-refractivity contribution >= 4 is 28.9 Å². The Morgan fingerprint density at radius 2 is 1.69 bits per heavy atom. The summed E-state index contributed by atoms with van der Waals surface area (Å²) in [5, 5.41) is 5.50. The van der Waals surface area contributed by atoms with Gasteiger partial charge in [-0.25, -0.2) is 0 Å². The van der Waals surface area contributed by atoms with Gasteiger partial charge in [0, 0.05) is 50.3 Å². The van der Waals surface area contributed by atoms with Crippen molar-refractivity contribution < 1.29 is 19.1 Å². The van der Waals surface area contributed by atoms with Crippen LogP contribution in [-0.4, -0.2) is 52.2 Å². The maximum absolute atomic E-state index is 12.8. The number of hydrogen-bond acceptors (Lipinski definition) is 6. The number of para-hydroxylation sites is 1. The van der Waals surface area contributed by atoms with Crippen LogP contribution in [0, 0.1) is 0 Å². The quantitative estimate of drug-likeness (QED) is 0.520. The summed E-state index contributed by atoms with van der Waals surface area (Å²) in [4.78, 5) is 29.8. The van der Waals surface area contributed by atoms with Crippen molar-refractivity contribution in [1.82, 2.24) is 5.32 Å². The minimum absolute atomic E-state index is 0.115. The Bertz CT molecular complexity index is 1260. The second kappa shape index (κ2) is 10.2. The molecule has 0 fully saturated rings. The van der Waals surface area contributed by atoms with E-state index >= 15 is 0 Å². The molecule has 5 rings (SSSR count). The van der Waals surface area contributed by atoms with Gasteiger partial charge in [0.05, 0.1) is 6.04 Å². The zero-order valence-electron chi connectivity index (χ0n) is 20.5. The molecular weight excluding hydrogens is 456 g/mol. The maximum Gasteiger partial charge on any atom is 0.313 e. The Balaban J connectivity index is 1.30. The van der Waals surface area contributed by atoms with Crippen LogP contribution in [0.3, 0.4) is 0 Å². The summed E-state index contributed by atoms with van der Waals surface area (Å²) in [6, 6.07) is 21.6. The van der Waals surface area contributed by atoms with Crippen LogP contribution in [-0.2, 0) is 16.0 Å². The van der Waals surface area contributed by atoms with E-state index in [1.165, 1.54) is 5.56 Å². The lowest BCUT2D eigenvalue weighted by Gasteiger charge is -2.31. The van der Waals surface area contributed by atoms with E-state index < -0.39 is 11.8 Å². The second-order valence-corrected chi connectivity index (χ2v) is 9.10. The van der Waals surface area contributed by atoms with E-state index in [1.54, 1.807) is 18.2 Å². The molecular formula is C28H30N4O4. The third-order valence-electron chi connectivity index (χ3n) is 6.56. The molecule has 0 saturated heterocycles. The maximum atomic E-state index is 12.8. The standard InChI is InChI=1S/C28H30N4O4/c1-31(2)22-10-7-20(8-11-22)24(32-14-13-19-5-3-4-6-23(19)32)18-29-27(33)28(34)30-21-9-12-25-26(17-21)36-16-15-35-25/h3-12,17,24H,13-16,18H2,1-2H3,(H,29,33)(H,30,34)/t24-/m1/s1. The highest BCUT2D eigenvalue weighted by molar-refractivity contribution is 6.39. The summed E-state index contributed by atoms with van der Waals surface area (Å²) < 4.78 is 11.1. The summed E-state index contributed by atoms with van der Waals surface area (Å²) in [6.45, 7) is 2.07. The van der Waals surface area contributed by atoms with Crippen molar-refractivity contribution in [1.29, 1.82) is 0 Å². The Kier molecular flexibility index (Phi) is 6.66. The molecule has 0 aromatic heterocycles. The largest absolute Gasteiger partial charge is 0.486 e. The van der Waals surface area contributed by atoms with Crippen LogP contribution in [0.1, 0.15) is 17.2 Å². The van der Waals surface area contributed by atoms with Gasteiger partial charge in [-0.2, -0.15) is 0 Å². The van der Waals surface area contributed by atoms with Crippen LogP contribution < -0.4 is 29.9 Å². The average molecular weight is 487 g/mol. The summed E-state index contributed by atoms with van der Waals surface area (Å²) in [6.07, 6.45) is 0.945. The number of fused-ring (bicyclic) bond motifs is 2.